The average molecular weight is 286 g/mol. The first kappa shape index (κ1) is 13.4. The molecule has 0 atom stereocenters. The van der Waals surface area contributed by atoms with Gasteiger partial charge in [0.05, 0.1) is 0 Å². The molecule has 0 bridgehead atoms. The lowest BCUT2D eigenvalue weighted by molar-refractivity contribution is 0.242. The summed E-state index contributed by atoms with van der Waals surface area (Å²) in [5.41, 5.74) is 0.996. The van der Waals surface area contributed by atoms with Crippen LogP contribution in [0.2, 0.25) is 0 Å². The number of aryl methyl sites for hydroxylation is 2. The van der Waals surface area contributed by atoms with Crippen molar-refractivity contribution in [1.82, 2.24) is 10.1 Å². The summed E-state index contributed by atoms with van der Waals surface area (Å²) in [4.78, 5) is 15.5. The molecule has 0 unspecified atom stereocenters. The molecule has 3 rings (SSSR count). The van der Waals surface area contributed by atoms with Crippen LogP contribution < -0.4 is 10.4 Å². The molecule has 21 heavy (non-hydrogen) atoms. The lowest BCUT2D eigenvalue weighted by Crippen LogP contribution is -1.99. The first-order valence-electron chi connectivity index (χ1n) is 6.64. The van der Waals surface area contributed by atoms with Gasteiger partial charge in [0.1, 0.15) is 11.3 Å². The number of nitrogens with zero attached hydrogens (tertiary/aromatic N) is 2. The molecule has 0 fully saturated rings. The highest BCUT2D eigenvalue weighted by molar-refractivity contribution is 5.81. The predicted molar refractivity (Wildman–Crippen MR) is 75.2 cm³/mol. The van der Waals surface area contributed by atoms with E-state index in [-0.39, 0.29) is 12.2 Å². The number of aromatic nitrogens is 2. The van der Waals surface area contributed by atoms with E-state index < -0.39 is 0 Å². The molecule has 108 valence electrons. The van der Waals surface area contributed by atoms with Gasteiger partial charge in [0, 0.05) is 23.9 Å². The molecule has 0 saturated heterocycles. The van der Waals surface area contributed by atoms with Crippen LogP contribution in [0.25, 0.3) is 11.0 Å². The minimum Gasteiger partial charge on any atom is -0.484 e. The molecule has 0 aliphatic carbocycles. The lowest BCUT2D eigenvalue weighted by atomic mass is 10.1. The Kier molecular flexibility index (Phi) is 3.43. The maximum atomic E-state index is 11.4. The Morgan fingerprint density at radius 2 is 2.14 bits per heavy atom. The fourth-order valence-corrected chi connectivity index (χ4v) is 2.03. The Morgan fingerprint density at radius 3 is 2.90 bits per heavy atom. The SMILES string of the molecule is CCc1noc(COc2ccc3c(C)cc(=O)oc3c2)n1. The minimum atomic E-state index is -0.373. The van der Waals surface area contributed by atoms with E-state index in [0.29, 0.717) is 29.5 Å². The summed E-state index contributed by atoms with van der Waals surface area (Å²) >= 11 is 0. The Balaban J connectivity index is 1.82. The summed E-state index contributed by atoms with van der Waals surface area (Å²) in [5.74, 6) is 1.64. The normalized spacial score (nSPS) is 11.0. The van der Waals surface area contributed by atoms with E-state index >= 15 is 0 Å². The molecule has 6 heteroatoms. The standard InChI is InChI=1S/C15H14N2O4/c1-3-13-16-14(21-17-13)8-19-10-4-5-11-9(2)6-15(18)20-12(11)7-10/h4-7H,3,8H2,1-2H3. The second-order valence-electron chi connectivity index (χ2n) is 4.65. The molecule has 1 aromatic carbocycles. The van der Waals surface area contributed by atoms with Crippen LogP contribution in [0.1, 0.15) is 24.2 Å². The van der Waals surface area contributed by atoms with Crippen LogP contribution in [0, 0.1) is 6.92 Å². The summed E-state index contributed by atoms with van der Waals surface area (Å²) < 4.78 is 15.8. The van der Waals surface area contributed by atoms with Gasteiger partial charge in [0.25, 0.3) is 5.89 Å². The highest BCUT2D eigenvalue weighted by atomic mass is 16.5. The molecule has 6 nitrogen and oxygen atoms in total. The highest BCUT2D eigenvalue weighted by Gasteiger charge is 2.07. The first-order valence-corrected chi connectivity index (χ1v) is 6.64. The zero-order chi connectivity index (χ0) is 14.8. The van der Waals surface area contributed by atoms with Crippen LogP contribution in [-0.2, 0) is 13.0 Å². The third-order valence-corrected chi connectivity index (χ3v) is 3.11. The van der Waals surface area contributed by atoms with Crippen LogP contribution in [0.5, 0.6) is 5.75 Å². The van der Waals surface area contributed by atoms with Crippen molar-refractivity contribution in [3.05, 3.63) is 52.0 Å². The van der Waals surface area contributed by atoms with Gasteiger partial charge in [-0.25, -0.2) is 4.79 Å². The molecule has 0 amide bonds. The van der Waals surface area contributed by atoms with Gasteiger partial charge in [-0.2, -0.15) is 4.98 Å². The molecule has 0 N–H and O–H groups in total. The van der Waals surface area contributed by atoms with Gasteiger partial charge in [0.2, 0.25) is 0 Å². The van der Waals surface area contributed by atoms with Gasteiger partial charge in [-0.1, -0.05) is 12.1 Å². The van der Waals surface area contributed by atoms with Gasteiger partial charge >= 0.3 is 5.63 Å². The van der Waals surface area contributed by atoms with Crippen LogP contribution in [-0.4, -0.2) is 10.1 Å². The first-order chi connectivity index (χ1) is 10.2. The molecule has 2 heterocycles. The zero-order valence-corrected chi connectivity index (χ0v) is 11.8. The van der Waals surface area contributed by atoms with Crippen molar-refractivity contribution < 1.29 is 13.7 Å². The molecule has 0 saturated carbocycles. The van der Waals surface area contributed by atoms with Crippen LogP contribution in [0.4, 0.5) is 0 Å². The minimum absolute atomic E-state index is 0.175. The van der Waals surface area contributed by atoms with Crippen molar-refractivity contribution in [2.24, 2.45) is 0 Å². The monoisotopic (exact) mass is 286 g/mol. The van der Waals surface area contributed by atoms with E-state index in [1.807, 2.05) is 26.0 Å². The van der Waals surface area contributed by atoms with Crippen molar-refractivity contribution in [2.75, 3.05) is 0 Å². The maximum absolute atomic E-state index is 11.4. The number of hydrogen-bond donors (Lipinski definition) is 0. The fourth-order valence-electron chi connectivity index (χ4n) is 2.03. The average Bonchev–Trinajstić information content (AvgIpc) is 2.92. The van der Waals surface area contributed by atoms with E-state index in [1.54, 1.807) is 6.07 Å². The van der Waals surface area contributed by atoms with Crippen LogP contribution in [0.3, 0.4) is 0 Å². The number of fused-ring (bicyclic) bond motifs is 1. The van der Waals surface area contributed by atoms with Crippen molar-refractivity contribution >= 4 is 11.0 Å². The predicted octanol–water partition coefficient (Wildman–Crippen LogP) is 2.63. The molecule has 0 aliphatic rings. The lowest BCUT2D eigenvalue weighted by Gasteiger charge is -2.05. The summed E-state index contributed by atoms with van der Waals surface area (Å²) in [5, 5.41) is 4.68. The van der Waals surface area contributed by atoms with Crippen molar-refractivity contribution in [3.63, 3.8) is 0 Å². The van der Waals surface area contributed by atoms with Gasteiger partial charge in [-0.15, -0.1) is 0 Å². The van der Waals surface area contributed by atoms with Gasteiger partial charge in [-0.3, -0.25) is 0 Å². The van der Waals surface area contributed by atoms with Crippen molar-refractivity contribution in [2.45, 2.75) is 26.9 Å². The van der Waals surface area contributed by atoms with E-state index in [1.165, 1.54) is 6.07 Å². The van der Waals surface area contributed by atoms with Crippen molar-refractivity contribution in [1.29, 1.82) is 0 Å². The third kappa shape index (κ3) is 2.79. The number of ether oxygens (including phenoxy) is 1. The van der Waals surface area contributed by atoms with E-state index in [9.17, 15) is 4.79 Å². The van der Waals surface area contributed by atoms with Crippen molar-refractivity contribution in [3.8, 4) is 5.75 Å². The largest absolute Gasteiger partial charge is 0.484 e. The molecule has 0 spiro atoms. The van der Waals surface area contributed by atoms with Crippen LogP contribution >= 0.6 is 0 Å². The molecule has 3 aromatic rings. The van der Waals surface area contributed by atoms with Gasteiger partial charge in [-0.05, 0) is 24.6 Å². The van der Waals surface area contributed by atoms with E-state index in [2.05, 4.69) is 10.1 Å². The number of benzene rings is 1. The Labute approximate surface area is 120 Å². The van der Waals surface area contributed by atoms with E-state index in [0.717, 1.165) is 10.9 Å². The van der Waals surface area contributed by atoms with Gasteiger partial charge < -0.3 is 13.7 Å². The molecule has 0 radical (unpaired) electrons. The molecular formula is C15H14N2O4. The third-order valence-electron chi connectivity index (χ3n) is 3.11. The molecular weight excluding hydrogens is 272 g/mol. The zero-order valence-electron chi connectivity index (χ0n) is 11.8. The smallest absolute Gasteiger partial charge is 0.336 e. The highest BCUT2D eigenvalue weighted by Crippen LogP contribution is 2.22. The number of rotatable bonds is 4. The summed E-state index contributed by atoms with van der Waals surface area (Å²) in [6.45, 7) is 3.99. The summed E-state index contributed by atoms with van der Waals surface area (Å²) in [6, 6.07) is 6.81. The topological polar surface area (TPSA) is 78.4 Å². The Hall–Kier alpha value is -2.63. The second kappa shape index (κ2) is 5.40. The summed E-state index contributed by atoms with van der Waals surface area (Å²) in [7, 11) is 0. The van der Waals surface area contributed by atoms with E-state index in [4.69, 9.17) is 13.7 Å². The Bertz CT molecular complexity index is 835. The second-order valence-corrected chi connectivity index (χ2v) is 4.65. The quantitative estimate of drug-likeness (QED) is 0.686. The maximum Gasteiger partial charge on any atom is 0.336 e. The van der Waals surface area contributed by atoms with Gasteiger partial charge in [0.15, 0.2) is 12.4 Å². The molecule has 0 aliphatic heterocycles. The number of hydrogen-bond acceptors (Lipinski definition) is 6. The molecule has 2 aromatic heterocycles. The Morgan fingerprint density at radius 1 is 1.29 bits per heavy atom. The fraction of sp³-hybridized carbons (Fsp3) is 0.267. The van der Waals surface area contributed by atoms with Crippen LogP contribution in [0.15, 0.2) is 38.0 Å². The summed E-state index contributed by atoms with van der Waals surface area (Å²) in [6.07, 6.45) is 0.712.